The number of amides is 1. The van der Waals surface area contributed by atoms with Crippen molar-refractivity contribution in [2.75, 3.05) is 10.6 Å². The van der Waals surface area contributed by atoms with E-state index in [2.05, 4.69) is 26.6 Å². The summed E-state index contributed by atoms with van der Waals surface area (Å²) in [5, 5.41) is 6.21. The Kier molecular flexibility index (Phi) is 5.39. The van der Waals surface area contributed by atoms with E-state index in [0.717, 1.165) is 21.5 Å². The van der Waals surface area contributed by atoms with Crippen LogP contribution in [0.25, 0.3) is 0 Å². The second-order valence-corrected chi connectivity index (χ2v) is 6.27. The first-order valence-electron chi connectivity index (χ1n) is 6.95. The predicted molar refractivity (Wildman–Crippen MR) is 92.0 cm³/mol. The Morgan fingerprint density at radius 2 is 1.43 bits per heavy atom. The predicted octanol–water partition coefficient (Wildman–Crippen LogP) is 5.18. The summed E-state index contributed by atoms with van der Waals surface area (Å²) < 4.78 is 1.05. The fourth-order valence-corrected chi connectivity index (χ4v) is 2.18. The van der Waals surface area contributed by atoms with Crippen LogP contribution in [0.2, 0.25) is 0 Å². The number of carbonyl (C=O) groups excluding carboxylic acids is 1. The van der Waals surface area contributed by atoms with Crippen molar-refractivity contribution in [2.24, 2.45) is 5.92 Å². The molecule has 0 fully saturated rings. The number of nitrogens with one attached hydrogen (secondary N) is 2. The monoisotopic (exact) mass is 346 g/mol. The first-order valence-corrected chi connectivity index (χ1v) is 7.75. The van der Waals surface area contributed by atoms with E-state index in [1.54, 1.807) is 0 Å². The maximum absolute atomic E-state index is 11.7. The Bertz CT molecular complexity index is 591. The molecule has 0 bridgehead atoms. The van der Waals surface area contributed by atoms with Gasteiger partial charge in [0.2, 0.25) is 5.91 Å². The summed E-state index contributed by atoms with van der Waals surface area (Å²) in [6, 6.07) is 15.7. The summed E-state index contributed by atoms with van der Waals surface area (Å²) in [5.74, 6) is 0.418. The normalized spacial score (nSPS) is 10.5. The van der Waals surface area contributed by atoms with E-state index in [-0.39, 0.29) is 5.91 Å². The molecule has 0 saturated carbocycles. The van der Waals surface area contributed by atoms with Gasteiger partial charge in [-0.3, -0.25) is 4.79 Å². The Balaban J connectivity index is 1.95. The van der Waals surface area contributed by atoms with Gasteiger partial charge in [-0.1, -0.05) is 29.8 Å². The zero-order valence-corrected chi connectivity index (χ0v) is 13.8. The summed E-state index contributed by atoms with van der Waals surface area (Å²) in [6.07, 6.45) is 0.541. The Labute approximate surface area is 133 Å². The van der Waals surface area contributed by atoms with Crippen LogP contribution in [-0.4, -0.2) is 5.91 Å². The molecule has 3 nitrogen and oxygen atoms in total. The van der Waals surface area contributed by atoms with Crippen LogP contribution in [0.1, 0.15) is 20.3 Å². The third-order valence-corrected chi connectivity index (χ3v) is 3.42. The molecule has 0 aliphatic heterocycles. The van der Waals surface area contributed by atoms with Crippen molar-refractivity contribution in [1.29, 1.82) is 0 Å². The van der Waals surface area contributed by atoms with Gasteiger partial charge in [0.25, 0.3) is 0 Å². The van der Waals surface area contributed by atoms with Crippen molar-refractivity contribution >= 4 is 38.9 Å². The van der Waals surface area contributed by atoms with Gasteiger partial charge in [0, 0.05) is 28.0 Å². The van der Waals surface area contributed by atoms with Gasteiger partial charge in [-0.05, 0) is 54.4 Å². The molecule has 0 heterocycles. The van der Waals surface area contributed by atoms with Crippen molar-refractivity contribution in [3.05, 3.63) is 53.0 Å². The molecule has 2 aromatic rings. The molecule has 0 unspecified atom stereocenters. The standard InChI is InChI=1S/C17H19BrN2O/c1-12(2)11-17(21)20-16-9-7-15(8-10-16)19-14-5-3-13(18)4-6-14/h3-10,12,19H,11H2,1-2H3,(H,20,21). The Hall–Kier alpha value is -1.81. The first kappa shape index (κ1) is 15.6. The van der Waals surface area contributed by atoms with Crippen molar-refractivity contribution in [1.82, 2.24) is 0 Å². The van der Waals surface area contributed by atoms with E-state index in [4.69, 9.17) is 0 Å². The molecule has 0 saturated heterocycles. The van der Waals surface area contributed by atoms with Gasteiger partial charge in [-0.15, -0.1) is 0 Å². The lowest BCUT2D eigenvalue weighted by Crippen LogP contribution is -2.13. The largest absolute Gasteiger partial charge is 0.356 e. The lowest BCUT2D eigenvalue weighted by molar-refractivity contribution is -0.116. The summed E-state index contributed by atoms with van der Waals surface area (Å²) in [6.45, 7) is 4.07. The Morgan fingerprint density at radius 3 is 1.95 bits per heavy atom. The number of carbonyl (C=O) groups is 1. The zero-order chi connectivity index (χ0) is 15.2. The number of hydrogen-bond donors (Lipinski definition) is 2. The minimum Gasteiger partial charge on any atom is -0.356 e. The van der Waals surface area contributed by atoms with Gasteiger partial charge in [-0.25, -0.2) is 0 Å². The van der Waals surface area contributed by atoms with Gasteiger partial charge in [0.05, 0.1) is 0 Å². The number of hydrogen-bond acceptors (Lipinski definition) is 2. The Morgan fingerprint density at radius 1 is 0.952 bits per heavy atom. The number of benzene rings is 2. The molecule has 0 aliphatic rings. The van der Waals surface area contributed by atoms with Crippen LogP contribution < -0.4 is 10.6 Å². The van der Waals surface area contributed by atoms with Crippen LogP contribution in [0.15, 0.2) is 53.0 Å². The van der Waals surface area contributed by atoms with Crippen LogP contribution in [-0.2, 0) is 4.79 Å². The molecule has 2 N–H and O–H groups in total. The highest BCUT2D eigenvalue weighted by Gasteiger charge is 2.05. The maximum atomic E-state index is 11.7. The van der Waals surface area contributed by atoms with Gasteiger partial charge in [0.15, 0.2) is 0 Å². The third-order valence-electron chi connectivity index (χ3n) is 2.90. The second-order valence-electron chi connectivity index (χ2n) is 5.36. The fourth-order valence-electron chi connectivity index (χ4n) is 1.92. The molecule has 0 aliphatic carbocycles. The molecule has 1 amide bonds. The van der Waals surface area contributed by atoms with Crippen molar-refractivity contribution in [3.63, 3.8) is 0 Å². The highest BCUT2D eigenvalue weighted by Crippen LogP contribution is 2.21. The average molecular weight is 347 g/mol. The highest BCUT2D eigenvalue weighted by molar-refractivity contribution is 9.10. The quantitative estimate of drug-likeness (QED) is 0.783. The van der Waals surface area contributed by atoms with E-state index in [0.29, 0.717) is 12.3 Å². The molecule has 0 aromatic heterocycles. The lowest BCUT2D eigenvalue weighted by Gasteiger charge is -2.09. The molecule has 0 radical (unpaired) electrons. The molecule has 21 heavy (non-hydrogen) atoms. The molecule has 2 aromatic carbocycles. The molecule has 2 rings (SSSR count). The van der Waals surface area contributed by atoms with Crippen molar-refractivity contribution in [3.8, 4) is 0 Å². The minimum atomic E-state index is 0.0543. The summed E-state index contributed by atoms with van der Waals surface area (Å²) in [4.78, 5) is 11.7. The summed E-state index contributed by atoms with van der Waals surface area (Å²) in [7, 11) is 0. The van der Waals surface area contributed by atoms with Crippen molar-refractivity contribution in [2.45, 2.75) is 20.3 Å². The summed E-state index contributed by atoms with van der Waals surface area (Å²) in [5.41, 5.74) is 2.83. The van der Waals surface area contributed by atoms with Crippen LogP contribution in [0.3, 0.4) is 0 Å². The van der Waals surface area contributed by atoms with E-state index in [1.807, 2.05) is 62.4 Å². The van der Waals surface area contributed by atoms with E-state index < -0.39 is 0 Å². The average Bonchev–Trinajstić information content (AvgIpc) is 2.42. The number of anilines is 3. The first-order chi connectivity index (χ1) is 10.0. The second kappa shape index (κ2) is 7.27. The molecule has 4 heteroatoms. The SMILES string of the molecule is CC(C)CC(=O)Nc1ccc(Nc2ccc(Br)cc2)cc1. The lowest BCUT2D eigenvalue weighted by atomic mass is 10.1. The van der Waals surface area contributed by atoms with Gasteiger partial charge >= 0.3 is 0 Å². The topological polar surface area (TPSA) is 41.1 Å². The minimum absolute atomic E-state index is 0.0543. The van der Waals surface area contributed by atoms with Gasteiger partial charge in [0.1, 0.15) is 0 Å². The van der Waals surface area contributed by atoms with Crippen molar-refractivity contribution < 1.29 is 4.79 Å². The zero-order valence-electron chi connectivity index (χ0n) is 12.2. The number of rotatable bonds is 5. The summed E-state index contributed by atoms with van der Waals surface area (Å²) >= 11 is 3.41. The van der Waals surface area contributed by atoms with E-state index >= 15 is 0 Å². The maximum Gasteiger partial charge on any atom is 0.224 e. The van der Waals surface area contributed by atoms with Gasteiger partial charge < -0.3 is 10.6 Å². The molecule has 0 spiro atoms. The number of halogens is 1. The van der Waals surface area contributed by atoms with Crippen LogP contribution in [0.5, 0.6) is 0 Å². The third kappa shape index (κ3) is 5.23. The molecular weight excluding hydrogens is 328 g/mol. The smallest absolute Gasteiger partial charge is 0.224 e. The highest BCUT2D eigenvalue weighted by atomic mass is 79.9. The van der Waals surface area contributed by atoms with E-state index in [1.165, 1.54) is 0 Å². The fraction of sp³-hybridized carbons (Fsp3) is 0.235. The van der Waals surface area contributed by atoms with E-state index in [9.17, 15) is 4.79 Å². The van der Waals surface area contributed by atoms with Gasteiger partial charge in [-0.2, -0.15) is 0 Å². The molecular formula is C17H19BrN2O. The molecule has 0 atom stereocenters. The molecule has 110 valence electrons. The van der Waals surface area contributed by atoms with Crippen LogP contribution >= 0.6 is 15.9 Å². The van der Waals surface area contributed by atoms with Crippen LogP contribution in [0.4, 0.5) is 17.1 Å². The van der Waals surface area contributed by atoms with Crippen LogP contribution in [0, 0.1) is 5.92 Å².